The molecule has 1 aromatic carbocycles. The van der Waals surface area contributed by atoms with Crippen LogP contribution < -0.4 is 24.4 Å². The Morgan fingerprint density at radius 2 is 1.94 bits per heavy atom. The molecule has 0 saturated carbocycles. The second-order valence-corrected chi connectivity index (χ2v) is 8.40. The molecule has 2 aromatic rings. The second kappa shape index (κ2) is 8.27. The van der Waals surface area contributed by atoms with Gasteiger partial charge in [-0.25, -0.2) is 9.59 Å². The van der Waals surface area contributed by atoms with Crippen molar-refractivity contribution in [2.24, 2.45) is 0 Å². The van der Waals surface area contributed by atoms with Crippen LogP contribution in [0.3, 0.4) is 0 Å². The lowest BCUT2D eigenvalue weighted by Gasteiger charge is -2.33. The molecule has 4 rings (SSSR count). The highest BCUT2D eigenvalue weighted by atomic mass is 32.1. The Balaban J connectivity index is 1.83. The second-order valence-electron chi connectivity index (χ2n) is 7.38. The van der Waals surface area contributed by atoms with E-state index in [2.05, 4.69) is 12.4 Å². The molecule has 2 aliphatic rings. The molecular weight excluding hydrogens is 424 g/mol. The van der Waals surface area contributed by atoms with Crippen molar-refractivity contribution in [2.75, 3.05) is 47.0 Å². The van der Waals surface area contributed by atoms with Gasteiger partial charge < -0.3 is 33.9 Å². The van der Waals surface area contributed by atoms with Gasteiger partial charge in [0.1, 0.15) is 9.88 Å². The largest absolute Gasteiger partial charge is 0.492 e. The Hall–Kier alpha value is -2.98. The van der Waals surface area contributed by atoms with E-state index in [9.17, 15) is 9.59 Å². The zero-order chi connectivity index (χ0) is 22.3. The van der Waals surface area contributed by atoms with Crippen LogP contribution in [0.5, 0.6) is 17.2 Å². The molecule has 31 heavy (non-hydrogen) atoms. The maximum absolute atomic E-state index is 12.5. The van der Waals surface area contributed by atoms with Crippen molar-refractivity contribution in [2.45, 2.75) is 19.5 Å². The SMILES string of the molecule is COC(=O)c1sc(N[C@H]2c3c(cc4c(c3OC)OCO4)CC[NH+]2C)c(C(=O)OC)c1C. The fourth-order valence-corrected chi connectivity index (χ4v) is 5.24. The smallest absolute Gasteiger partial charge is 0.348 e. The average Bonchev–Trinajstić information content (AvgIpc) is 3.37. The summed E-state index contributed by atoms with van der Waals surface area (Å²) in [7, 11) is 6.29. The summed E-state index contributed by atoms with van der Waals surface area (Å²) in [4.78, 5) is 26.3. The highest BCUT2D eigenvalue weighted by Crippen LogP contribution is 2.48. The number of esters is 2. The summed E-state index contributed by atoms with van der Waals surface area (Å²) in [6.07, 6.45) is 0.591. The molecule has 0 radical (unpaired) electrons. The number of thiophene rings is 1. The number of likely N-dealkylation sites (N-methyl/N-ethyl adjacent to an activating group) is 1. The Morgan fingerprint density at radius 1 is 1.19 bits per heavy atom. The first-order valence-electron chi connectivity index (χ1n) is 9.79. The third-order valence-corrected chi connectivity index (χ3v) is 6.90. The molecule has 0 aliphatic carbocycles. The number of nitrogens with one attached hydrogen (secondary N) is 2. The third-order valence-electron chi connectivity index (χ3n) is 5.70. The summed E-state index contributed by atoms with van der Waals surface area (Å²) in [5, 5.41) is 4.02. The molecule has 0 spiro atoms. The van der Waals surface area contributed by atoms with Gasteiger partial charge in [-0.1, -0.05) is 0 Å². The van der Waals surface area contributed by atoms with Crippen LogP contribution in [0, 0.1) is 6.92 Å². The summed E-state index contributed by atoms with van der Waals surface area (Å²) in [5.74, 6) is 0.851. The van der Waals surface area contributed by atoms with Crippen molar-refractivity contribution in [3.63, 3.8) is 0 Å². The Morgan fingerprint density at radius 3 is 2.61 bits per heavy atom. The molecule has 0 saturated heterocycles. The molecule has 2 aliphatic heterocycles. The van der Waals surface area contributed by atoms with E-state index in [1.165, 1.54) is 30.5 Å². The molecular formula is C21H25N2O7S+. The quantitative estimate of drug-likeness (QED) is 0.664. The highest BCUT2D eigenvalue weighted by molar-refractivity contribution is 7.18. The number of quaternary nitrogens is 1. The first kappa shape index (κ1) is 21.3. The number of methoxy groups -OCH3 is 3. The van der Waals surface area contributed by atoms with Gasteiger partial charge in [-0.15, -0.1) is 11.3 Å². The van der Waals surface area contributed by atoms with E-state index >= 15 is 0 Å². The number of rotatable bonds is 5. The number of hydrogen-bond donors (Lipinski definition) is 2. The highest BCUT2D eigenvalue weighted by Gasteiger charge is 2.38. The summed E-state index contributed by atoms with van der Waals surface area (Å²) < 4.78 is 26.8. The maximum Gasteiger partial charge on any atom is 0.348 e. The van der Waals surface area contributed by atoms with Crippen LogP contribution in [0.2, 0.25) is 0 Å². The fourth-order valence-electron chi connectivity index (χ4n) is 4.10. The van der Waals surface area contributed by atoms with Crippen LogP contribution in [0.25, 0.3) is 0 Å². The normalized spacial score (nSPS) is 18.9. The monoisotopic (exact) mass is 449 g/mol. The topological polar surface area (TPSA) is 96.8 Å². The van der Waals surface area contributed by atoms with E-state index in [4.69, 9.17) is 23.7 Å². The first-order valence-corrected chi connectivity index (χ1v) is 10.6. The van der Waals surface area contributed by atoms with Gasteiger partial charge >= 0.3 is 11.9 Å². The van der Waals surface area contributed by atoms with Crippen LogP contribution in [-0.2, 0) is 15.9 Å². The number of ether oxygens (including phenoxy) is 5. The Kier molecular flexibility index (Phi) is 5.67. The molecule has 1 unspecified atom stereocenters. The summed E-state index contributed by atoms with van der Waals surface area (Å²) in [5.41, 5.74) is 2.88. The number of carbonyl (C=O) groups is 2. The van der Waals surface area contributed by atoms with Crippen molar-refractivity contribution in [1.82, 2.24) is 0 Å². The van der Waals surface area contributed by atoms with Crippen molar-refractivity contribution in [3.05, 3.63) is 33.2 Å². The van der Waals surface area contributed by atoms with Gasteiger partial charge in [0.25, 0.3) is 0 Å². The molecule has 9 nitrogen and oxygen atoms in total. The van der Waals surface area contributed by atoms with Crippen molar-refractivity contribution >= 4 is 28.3 Å². The van der Waals surface area contributed by atoms with E-state index in [0.29, 0.717) is 38.3 Å². The van der Waals surface area contributed by atoms with Crippen molar-refractivity contribution in [3.8, 4) is 17.2 Å². The van der Waals surface area contributed by atoms with Gasteiger partial charge in [0, 0.05) is 6.42 Å². The van der Waals surface area contributed by atoms with Crippen molar-refractivity contribution < 1.29 is 38.2 Å². The van der Waals surface area contributed by atoms with E-state index in [-0.39, 0.29) is 13.0 Å². The number of hydrogen-bond acceptors (Lipinski definition) is 9. The Labute approximate surface area is 183 Å². The third kappa shape index (κ3) is 3.45. The van der Waals surface area contributed by atoms with E-state index in [1.54, 1.807) is 14.0 Å². The molecule has 166 valence electrons. The fraction of sp³-hybridized carbons (Fsp3) is 0.429. The molecule has 0 fully saturated rings. The van der Waals surface area contributed by atoms with Gasteiger partial charge in [-0.2, -0.15) is 0 Å². The van der Waals surface area contributed by atoms with Crippen LogP contribution in [0.15, 0.2) is 6.07 Å². The molecule has 0 bridgehead atoms. The Bertz CT molecular complexity index is 1050. The zero-order valence-corrected chi connectivity index (χ0v) is 18.9. The number of anilines is 1. The molecule has 10 heteroatoms. The van der Waals surface area contributed by atoms with Crippen LogP contribution in [-0.4, -0.2) is 53.7 Å². The van der Waals surface area contributed by atoms with Crippen LogP contribution in [0.4, 0.5) is 5.00 Å². The summed E-state index contributed by atoms with van der Waals surface area (Å²) in [6, 6.07) is 1.99. The molecule has 1 aromatic heterocycles. The minimum absolute atomic E-state index is 0.147. The minimum atomic E-state index is -0.516. The molecule has 2 N–H and O–H groups in total. The average molecular weight is 450 g/mol. The van der Waals surface area contributed by atoms with Crippen LogP contribution >= 0.6 is 11.3 Å². The number of benzene rings is 1. The van der Waals surface area contributed by atoms with Crippen LogP contribution in [0.1, 0.15) is 42.9 Å². The van der Waals surface area contributed by atoms with Gasteiger partial charge in [-0.05, 0) is 24.1 Å². The van der Waals surface area contributed by atoms with Crippen molar-refractivity contribution in [1.29, 1.82) is 0 Å². The minimum Gasteiger partial charge on any atom is -0.492 e. The van der Waals surface area contributed by atoms with E-state index < -0.39 is 11.9 Å². The van der Waals surface area contributed by atoms with Gasteiger partial charge in [0.15, 0.2) is 17.7 Å². The standard InChI is InChI=1S/C21H24N2O7S/c1-10-13(20(24)27-4)19(31-17(10)21(25)28-5)22-18-14-11(6-7-23(18)2)8-12-15(16(14)26-3)30-9-29-12/h8,18,22H,6-7,9H2,1-5H3/p+1/t18-/m1/s1. The summed E-state index contributed by atoms with van der Waals surface area (Å²) in [6.45, 7) is 2.72. The predicted molar refractivity (Wildman–Crippen MR) is 113 cm³/mol. The van der Waals surface area contributed by atoms with Gasteiger partial charge in [0.05, 0.1) is 46.0 Å². The predicted octanol–water partition coefficient (Wildman–Crippen LogP) is 1.55. The summed E-state index contributed by atoms with van der Waals surface area (Å²) >= 11 is 1.18. The lowest BCUT2D eigenvalue weighted by atomic mass is 9.95. The maximum atomic E-state index is 12.5. The lowest BCUT2D eigenvalue weighted by Crippen LogP contribution is -3.11. The number of carbonyl (C=O) groups excluding carboxylic acids is 2. The van der Waals surface area contributed by atoms with E-state index in [0.717, 1.165) is 24.1 Å². The lowest BCUT2D eigenvalue weighted by molar-refractivity contribution is -0.910. The molecule has 0 amide bonds. The first-order chi connectivity index (χ1) is 14.9. The zero-order valence-electron chi connectivity index (χ0n) is 18.0. The molecule has 2 atom stereocenters. The molecule has 3 heterocycles. The number of fused-ring (bicyclic) bond motifs is 2. The van der Waals surface area contributed by atoms with E-state index in [1.807, 2.05) is 6.07 Å². The van der Waals surface area contributed by atoms with Gasteiger partial charge in [-0.3, -0.25) is 0 Å². The van der Waals surface area contributed by atoms with Gasteiger partial charge in [0.2, 0.25) is 12.5 Å².